The van der Waals surface area contributed by atoms with E-state index in [1.54, 1.807) is 0 Å². The van der Waals surface area contributed by atoms with Gasteiger partial charge in [-0.15, -0.1) is 0 Å². The fraction of sp³-hybridized carbons (Fsp3) is 0.800. The maximum absolute atomic E-state index is 8.63. The van der Waals surface area contributed by atoms with E-state index in [0.717, 1.165) is 31.5 Å². The van der Waals surface area contributed by atoms with E-state index in [0.29, 0.717) is 0 Å². The fourth-order valence-electron chi connectivity index (χ4n) is 1.13. The molecule has 0 saturated carbocycles. The number of hydrogen-bond acceptors (Lipinski definition) is 2. The lowest BCUT2D eigenvalue weighted by molar-refractivity contribution is 0.293. The number of aliphatic hydroxyl groups is 1. The van der Waals surface area contributed by atoms with Crippen LogP contribution in [0.3, 0.4) is 0 Å². The largest absolute Gasteiger partial charge is 0.396 e. The molecule has 0 unspecified atom stereocenters. The monoisotopic (exact) mass is 171 g/mol. The van der Waals surface area contributed by atoms with E-state index in [4.69, 9.17) is 5.11 Å². The van der Waals surface area contributed by atoms with Crippen LogP contribution in [0.2, 0.25) is 0 Å². The molecule has 12 heavy (non-hydrogen) atoms. The van der Waals surface area contributed by atoms with Gasteiger partial charge in [-0.1, -0.05) is 19.1 Å². The molecule has 0 aliphatic rings. The lowest BCUT2D eigenvalue weighted by Crippen LogP contribution is -2.20. The van der Waals surface area contributed by atoms with Crippen molar-refractivity contribution in [2.45, 2.75) is 26.2 Å². The molecule has 0 atom stereocenters. The zero-order valence-electron chi connectivity index (χ0n) is 8.34. The smallest absolute Gasteiger partial charge is 0.0468 e. The molecular formula is C10H21NO. The van der Waals surface area contributed by atoms with Crippen LogP contribution in [0.4, 0.5) is 0 Å². The SMILES string of the molecule is C=C(CCO)CCN(C)CCC. The van der Waals surface area contributed by atoms with Gasteiger partial charge in [0.05, 0.1) is 0 Å². The third-order valence-electron chi connectivity index (χ3n) is 1.92. The van der Waals surface area contributed by atoms with E-state index in [2.05, 4.69) is 25.5 Å². The summed E-state index contributed by atoms with van der Waals surface area (Å²) >= 11 is 0. The highest BCUT2D eigenvalue weighted by Crippen LogP contribution is 2.03. The standard InChI is InChI=1S/C10H21NO/c1-4-7-11(3)8-5-10(2)6-9-12/h12H,2,4-9H2,1,3H3. The Morgan fingerprint density at radius 2 is 2.00 bits per heavy atom. The number of nitrogens with zero attached hydrogens (tertiary/aromatic N) is 1. The van der Waals surface area contributed by atoms with Crippen LogP contribution in [0, 0.1) is 0 Å². The summed E-state index contributed by atoms with van der Waals surface area (Å²) in [6, 6.07) is 0. The van der Waals surface area contributed by atoms with E-state index < -0.39 is 0 Å². The normalized spacial score (nSPS) is 10.7. The van der Waals surface area contributed by atoms with Gasteiger partial charge in [-0.25, -0.2) is 0 Å². The van der Waals surface area contributed by atoms with Crippen LogP contribution in [-0.4, -0.2) is 36.8 Å². The van der Waals surface area contributed by atoms with Gasteiger partial charge in [0.25, 0.3) is 0 Å². The molecular weight excluding hydrogens is 150 g/mol. The van der Waals surface area contributed by atoms with Crippen molar-refractivity contribution >= 4 is 0 Å². The first-order valence-corrected chi connectivity index (χ1v) is 4.66. The van der Waals surface area contributed by atoms with Gasteiger partial charge < -0.3 is 10.0 Å². The van der Waals surface area contributed by atoms with Crippen LogP contribution < -0.4 is 0 Å². The molecule has 0 heterocycles. The minimum absolute atomic E-state index is 0.232. The summed E-state index contributed by atoms with van der Waals surface area (Å²) < 4.78 is 0. The second kappa shape index (κ2) is 7.32. The van der Waals surface area contributed by atoms with Crippen molar-refractivity contribution in [3.05, 3.63) is 12.2 Å². The van der Waals surface area contributed by atoms with Gasteiger partial charge in [-0.05, 0) is 32.9 Å². The van der Waals surface area contributed by atoms with Gasteiger partial charge in [-0.2, -0.15) is 0 Å². The molecule has 0 aliphatic carbocycles. The summed E-state index contributed by atoms with van der Waals surface area (Å²) in [7, 11) is 2.12. The van der Waals surface area contributed by atoms with Crippen LogP contribution in [-0.2, 0) is 0 Å². The highest BCUT2D eigenvalue weighted by molar-refractivity contribution is 4.94. The molecule has 0 aromatic carbocycles. The molecule has 2 heteroatoms. The molecule has 2 nitrogen and oxygen atoms in total. The molecule has 0 rings (SSSR count). The van der Waals surface area contributed by atoms with E-state index in [1.165, 1.54) is 6.42 Å². The van der Waals surface area contributed by atoms with Crippen LogP contribution in [0.1, 0.15) is 26.2 Å². The molecule has 0 aliphatic heterocycles. The molecule has 0 amide bonds. The summed E-state index contributed by atoms with van der Waals surface area (Å²) in [5, 5.41) is 8.63. The lowest BCUT2D eigenvalue weighted by atomic mass is 10.1. The zero-order chi connectivity index (χ0) is 9.40. The lowest BCUT2D eigenvalue weighted by Gasteiger charge is -2.15. The third kappa shape index (κ3) is 6.38. The maximum atomic E-state index is 8.63. The van der Waals surface area contributed by atoms with Gasteiger partial charge in [0, 0.05) is 13.2 Å². The molecule has 0 spiro atoms. The predicted molar refractivity (Wildman–Crippen MR) is 53.2 cm³/mol. The maximum Gasteiger partial charge on any atom is 0.0468 e. The molecule has 0 bridgehead atoms. The van der Waals surface area contributed by atoms with Crippen molar-refractivity contribution in [3.8, 4) is 0 Å². The first-order chi connectivity index (χ1) is 5.70. The van der Waals surface area contributed by atoms with E-state index in [-0.39, 0.29) is 6.61 Å². The quantitative estimate of drug-likeness (QED) is 0.589. The van der Waals surface area contributed by atoms with Gasteiger partial charge >= 0.3 is 0 Å². The number of aliphatic hydroxyl groups excluding tert-OH is 1. The average Bonchev–Trinajstić information content (AvgIpc) is 2.02. The van der Waals surface area contributed by atoms with Crippen molar-refractivity contribution in [2.75, 3.05) is 26.7 Å². The van der Waals surface area contributed by atoms with Crippen molar-refractivity contribution < 1.29 is 5.11 Å². The first kappa shape index (κ1) is 11.7. The highest BCUT2D eigenvalue weighted by atomic mass is 16.2. The van der Waals surface area contributed by atoms with Crippen LogP contribution >= 0.6 is 0 Å². The Bertz CT molecular complexity index is 123. The molecule has 1 N–H and O–H groups in total. The van der Waals surface area contributed by atoms with Crippen molar-refractivity contribution in [2.24, 2.45) is 0 Å². The second-order valence-electron chi connectivity index (χ2n) is 3.28. The molecule has 0 aromatic heterocycles. The Balaban J connectivity index is 3.33. The molecule has 72 valence electrons. The molecule has 0 aromatic rings. The van der Waals surface area contributed by atoms with Gasteiger partial charge in [0.15, 0.2) is 0 Å². The summed E-state index contributed by atoms with van der Waals surface area (Å²) in [5.74, 6) is 0. The number of hydrogen-bond donors (Lipinski definition) is 1. The highest BCUT2D eigenvalue weighted by Gasteiger charge is 1.98. The van der Waals surface area contributed by atoms with Crippen LogP contribution in [0.5, 0.6) is 0 Å². The second-order valence-corrected chi connectivity index (χ2v) is 3.28. The fourth-order valence-corrected chi connectivity index (χ4v) is 1.13. The molecule has 0 radical (unpaired) electrons. The van der Waals surface area contributed by atoms with Crippen molar-refractivity contribution in [1.82, 2.24) is 4.90 Å². The van der Waals surface area contributed by atoms with E-state index in [1.807, 2.05) is 0 Å². The third-order valence-corrected chi connectivity index (χ3v) is 1.92. The van der Waals surface area contributed by atoms with Crippen molar-refractivity contribution in [3.63, 3.8) is 0 Å². The number of rotatable bonds is 7. The predicted octanol–water partition coefficient (Wildman–Crippen LogP) is 1.66. The molecule has 0 saturated heterocycles. The van der Waals surface area contributed by atoms with Crippen LogP contribution in [0.25, 0.3) is 0 Å². The minimum Gasteiger partial charge on any atom is -0.396 e. The topological polar surface area (TPSA) is 23.5 Å². The van der Waals surface area contributed by atoms with E-state index in [9.17, 15) is 0 Å². The average molecular weight is 171 g/mol. The Morgan fingerprint density at radius 3 is 2.50 bits per heavy atom. The van der Waals surface area contributed by atoms with Gasteiger partial charge in [-0.3, -0.25) is 0 Å². The summed E-state index contributed by atoms with van der Waals surface area (Å²) in [4.78, 5) is 2.29. The summed E-state index contributed by atoms with van der Waals surface area (Å²) in [6.45, 7) is 8.51. The van der Waals surface area contributed by atoms with Crippen molar-refractivity contribution in [1.29, 1.82) is 0 Å². The van der Waals surface area contributed by atoms with Gasteiger partial charge in [0.2, 0.25) is 0 Å². The Labute approximate surface area is 75.9 Å². The zero-order valence-corrected chi connectivity index (χ0v) is 8.34. The first-order valence-electron chi connectivity index (χ1n) is 4.66. The Morgan fingerprint density at radius 1 is 1.33 bits per heavy atom. The molecule has 0 fully saturated rings. The summed E-state index contributed by atoms with van der Waals surface area (Å²) in [6.07, 6.45) is 2.96. The minimum atomic E-state index is 0.232. The summed E-state index contributed by atoms with van der Waals surface area (Å²) in [5.41, 5.74) is 1.15. The Hall–Kier alpha value is -0.340. The Kier molecular flexibility index (Phi) is 7.11. The van der Waals surface area contributed by atoms with E-state index >= 15 is 0 Å². The van der Waals surface area contributed by atoms with Crippen LogP contribution in [0.15, 0.2) is 12.2 Å². The van der Waals surface area contributed by atoms with Gasteiger partial charge in [0.1, 0.15) is 0 Å².